The predicted octanol–water partition coefficient (Wildman–Crippen LogP) is 1.91. The van der Waals surface area contributed by atoms with Crippen molar-refractivity contribution < 1.29 is 24.4 Å². The number of rotatable bonds is 8. The average Bonchev–Trinajstić information content (AvgIpc) is 2.44. The number of nitrogens with one attached hydrogen (secondary N) is 1. The number of carboxylic acids is 1. The summed E-state index contributed by atoms with van der Waals surface area (Å²) in [5, 5.41) is 22.7. The van der Waals surface area contributed by atoms with Crippen LogP contribution in [-0.4, -0.2) is 41.2 Å². The van der Waals surface area contributed by atoms with Gasteiger partial charge in [-0.25, -0.2) is 4.79 Å². The first-order chi connectivity index (χ1) is 11.2. The molecule has 8 nitrogen and oxygen atoms in total. The van der Waals surface area contributed by atoms with Gasteiger partial charge < -0.3 is 15.2 Å². The Hall–Kier alpha value is -2.74. The van der Waals surface area contributed by atoms with Crippen molar-refractivity contribution in [1.82, 2.24) is 5.32 Å². The average molecular weight is 336 g/mol. The molecule has 1 aromatic rings. The summed E-state index contributed by atoms with van der Waals surface area (Å²) in [7, 11) is 0. The van der Waals surface area contributed by atoms with Crippen LogP contribution >= 0.6 is 0 Å². The van der Waals surface area contributed by atoms with Crippen LogP contribution in [0.2, 0.25) is 0 Å². The van der Waals surface area contributed by atoms with Gasteiger partial charge in [0.2, 0.25) is 0 Å². The summed E-state index contributed by atoms with van der Waals surface area (Å²) in [6.07, 6.45) is 1.46. The molecule has 1 unspecified atom stereocenters. The lowest BCUT2D eigenvalue weighted by Crippen LogP contribution is -2.44. The van der Waals surface area contributed by atoms with E-state index in [1.54, 1.807) is 13.8 Å². The predicted molar refractivity (Wildman–Crippen MR) is 87.2 cm³/mol. The van der Waals surface area contributed by atoms with Gasteiger partial charge in [-0.1, -0.05) is 6.08 Å². The van der Waals surface area contributed by atoms with Crippen molar-refractivity contribution in [3.05, 3.63) is 51.1 Å². The van der Waals surface area contributed by atoms with Crippen LogP contribution in [0.15, 0.2) is 18.7 Å². The van der Waals surface area contributed by atoms with Gasteiger partial charge in [0.1, 0.15) is 0 Å². The number of hydrogen-bond donors (Lipinski definition) is 2. The zero-order valence-corrected chi connectivity index (χ0v) is 13.8. The Kier molecular flexibility index (Phi) is 6.60. The summed E-state index contributed by atoms with van der Waals surface area (Å²) in [6, 6.07) is 0.265. The van der Waals surface area contributed by atoms with E-state index in [9.17, 15) is 19.7 Å². The normalized spacial score (nSPS) is 11.6. The summed E-state index contributed by atoms with van der Waals surface area (Å²) in [6.45, 7) is 8.05. The zero-order valence-electron chi connectivity index (χ0n) is 13.8. The Balaban J connectivity index is 3.14. The largest absolute Gasteiger partial charge is 0.480 e. The minimum atomic E-state index is -1.27. The quantitative estimate of drug-likeness (QED) is 0.324. The molecule has 8 heteroatoms. The molecule has 0 aromatic heterocycles. The van der Waals surface area contributed by atoms with Gasteiger partial charge in [0.25, 0.3) is 11.6 Å². The third kappa shape index (κ3) is 4.39. The number of amides is 1. The Labute approximate surface area is 139 Å². The molecule has 0 radical (unpaired) electrons. The van der Waals surface area contributed by atoms with Gasteiger partial charge >= 0.3 is 5.97 Å². The smallest absolute Gasteiger partial charge is 0.328 e. The number of aliphatic carboxylic acids is 1. The second-order valence-electron chi connectivity index (χ2n) is 5.31. The number of aryl methyl sites for hydroxylation is 2. The molecule has 0 spiro atoms. The van der Waals surface area contributed by atoms with E-state index in [2.05, 4.69) is 11.9 Å². The summed E-state index contributed by atoms with van der Waals surface area (Å²) >= 11 is 0. The summed E-state index contributed by atoms with van der Waals surface area (Å²) in [5.41, 5.74) is 1.12. The molecule has 1 amide bonds. The highest BCUT2D eigenvalue weighted by molar-refractivity contribution is 6.00. The minimum Gasteiger partial charge on any atom is -0.480 e. The number of nitro benzene ring substituents is 1. The minimum absolute atomic E-state index is 0.0993. The SMILES string of the molecule is C=CCOCC(NC(=O)c1c(C)cc(C)c([N+](=O)[O-])c1C)C(=O)O. The number of ether oxygens (including phenoxy) is 1. The molecule has 1 atom stereocenters. The maximum atomic E-state index is 12.4. The molecular formula is C16H20N2O6. The highest BCUT2D eigenvalue weighted by Crippen LogP contribution is 2.28. The number of carbonyl (C=O) groups is 2. The number of carboxylic acid groups (broad SMARTS) is 1. The van der Waals surface area contributed by atoms with E-state index >= 15 is 0 Å². The van der Waals surface area contributed by atoms with Gasteiger partial charge in [0, 0.05) is 11.1 Å². The Morgan fingerprint density at radius 3 is 2.54 bits per heavy atom. The second kappa shape index (κ2) is 8.21. The van der Waals surface area contributed by atoms with Crippen LogP contribution in [0.5, 0.6) is 0 Å². The van der Waals surface area contributed by atoms with Gasteiger partial charge in [0.05, 0.1) is 23.7 Å². The molecule has 0 saturated carbocycles. The zero-order chi connectivity index (χ0) is 18.4. The van der Waals surface area contributed by atoms with Gasteiger partial charge in [-0.2, -0.15) is 0 Å². The van der Waals surface area contributed by atoms with Crippen molar-refractivity contribution >= 4 is 17.6 Å². The fraction of sp³-hybridized carbons (Fsp3) is 0.375. The second-order valence-corrected chi connectivity index (χ2v) is 5.31. The molecule has 2 N–H and O–H groups in total. The number of hydrogen-bond acceptors (Lipinski definition) is 5. The van der Waals surface area contributed by atoms with Crippen LogP contribution < -0.4 is 5.32 Å². The van der Waals surface area contributed by atoms with Crippen LogP contribution in [0.4, 0.5) is 5.69 Å². The lowest BCUT2D eigenvalue weighted by Gasteiger charge is -2.17. The van der Waals surface area contributed by atoms with Crippen molar-refractivity contribution in [2.45, 2.75) is 26.8 Å². The summed E-state index contributed by atoms with van der Waals surface area (Å²) in [4.78, 5) is 34.3. The maximum absolute atomic E-state index is 12.4. The topological polar surface area (TPSA) is 119 Å². The van der Waals surface area contributed by atoms with E-state index in [4.69, 9.17) is 9.84 Å². The number of benzene rings is 1. The molecule has 0 saturated heterocycles. The summed E-state index contributed by atoms with van der Waals surface area (Å²) in [5.74, 6) is -1.95. The molecule has 130 valence electrons. The Bertz CT molecular complexity index is 684. The lowest BCUT2D eigenvalue weighted by atomic mass is 9.96. The van der Waals surface area contributed by atoms with Gasteiger partial charge in [-0.05, 0) is 32.4 Å². The highest BCUT2D eigenvalue weighted by atomic mass is 16.6. The molecule has 1 rings (SSSR count). The number of nitrogens with zero attached hydrogens (tertiary/aromatic N) is 1. The standard InChI is InChI=1S/C16H20N2O6/c1-5-6-24-8-12(16(20)21)17-15(19)13-9(2)7-10(3)14(11(13)4)18(22)23/h5,7,12H,1,6,8H2,2-4H3,(H,17,19)(H,20,21). The molecule has 0 aliphatic rings. The van der Waals surface area contributed by atoms with E-state index in [0.717, 1.165) is 0 Å². The molecule has 0 aliphatic carbocycles. The number of carbonyl (C=O) groups excluding carboxylic acids is 1. The van der Waals surface area contributed by atoms with E-state index in [1.165, 1.54) is 19.1 Å². The molecule has 0 aliphatic heterocycles. The van der Waals surface area contributed by atoms with E-state index in [0.29, 0.717) is 11.1 Å². The van der Waals surface area contributed by atoms with Crippen LogP contribution in [0.3, 0.4) is 0 Å². The van der Waals surface area contributed by atoms with Gasteiger partial charge in [0.15, 0.2) is 6.04 Å². The first-order valence-corrected chi connectivity index (χ1v) is 7.18. The summed E-state index contributed by atoms with van der Waals surface area (Å²) < 4.78 is 5.06. The molecule has 24 heavy (non-hydrogen) atoms. The van der Waals surface area contributed by atoms with Crippen molar-refractivity contribution in [3.63, 3.8) is 0 Å². The Morgan fingerprint density at radius 2 is 2.04 bits per heavy atom. The van der Waals surface area contributed by atoms with Crippen LogP contribution in [0, 0.1) is 30.9 Å². The Morgan fingerprint density at radius 1 is 1.42 bits per heavy atom. The van der Waals surface area contributed by atoms with Crippen molar-refractivity contribution in [3.8, 4) is 0 Å². The van der Waals surface area contributed by atoms with Crippen LogP contribution in [0.25, 0.3) is 0 Å². The monoisotopic (exact) mass is 336 g/mol. The molecule has 0 heterocycles. The van der Waals surface area contributed by atoms with Crippen molar-refractivity contribution in [2.75, 3.05) is 13.2 Å². The molecule has 1 aromatic carbocycles. The van der Waals surface area contributed by atoms with E-state index in [-0.39, 0.29) is 30.0 Å². The van der Waals surface area contributed by atoms with Crippen LogP contribution in [0.1, 0.15) is 27.0 Å². The third-order valence-corrected chi connectivity index (χ3v) is 3.46. The molecule has 0 bridgehead atoms. The highest BCUT2D eigenvalue weighted by Gasteiger charge is 2.27. The first kappa shape index (κ1) is 19.3. The molecular weight excluding hydrogens is 316 g/mol. The van der Waals surface area contributed by atoms with Crippen molar-refractivity contribution in [1.29, 1.82) is 0 Å². The van der Waals surface area contributed by atoms with E-state index in [1.807, 2.05) is 0 Å². The molecule has 0 fully saturated rings. The van der Waals surface area contributed by atoms with Crippen molar-refractivity contribution in [2.24, 2.45) is 0 Å². The first-order valence-electron chi connectivity index (χ1n) is 7.18. The van der Waals surface area contributed by atoms with E-state index < -0.39 is 22.8 Å². The number of nitro groups is 1. The lowest BCUT2D eigenvalue weighted by molar-refractivity contribution is -0.386. The van der Waals surface area contributed by atoms with Crippen LogP contribution in [-0.2, 0) is 9.53 Å². The van der Waals surface area contributed by atoms with Gasteiger partial charge in [-0.15, -0.1) is 6.58 Å². The van der Waals surface area contributed by atoms with Gasteiger partial charge in [-0.3, -0.25) is 14.9 Å². The third-order valence-electron chi connectivity index (χ3n) is 3.46. The maximum Gasteiger partial charge on any atom is 0.328 e. The fourth-order valence-electron chi connectivity index (χ4n) is 2.48. The fourth-order valence-corrected chi connectivity index (χ4v) is 2.48.